The second-order valence-corrected chi connectivity index (χ2v) is 12.8. The summed E-state index contributed by atoms with van der Waals surface area (Å²) in [6.07, 6.45) is -2.99. The Morgan fingerprint density at radius 1 is 0.766 bits per heavy atom. The number of carbonyl (C=O) groups excluding carboxylic acids is 6. The van der Waals surface area contributed by atoms with E-state index in [0.29, 0.717) is 5.56 Å². The molecule has 254 valence electrons. The van der Waals surface area contributed by atoms with Crippen molar-refractivity contribution in [2.45, 2.75) is 91.8 Å². The average Bonchev–Trinajstić information content (AvgIpc) is 3.24. The molecule has 11 nitrogen and oxygen atoms in total. The van der Waals surface area contributed by atoms with Crippen molar-refractivity contribution in [3.05, 3.63) is 66.8 Å². The van der Waals surface area contributed by atoms with Crippen LogP contribution < -0.4 is 0 Å². The van der Waals surface area contributed by atoms with E-state index in [1.54, 1.807) is 58.0 Å². The number of ketones is 2. The first-order valence-corrected chi connectivity index (χ1v) is 15.4. The van der Waals surface area contributed by atoms with Crippen molar-refractivity contribution in [1.29, 1.82) is 0 Å². The number of fused-ring (bicyclic) bond motifs is 1. The predicted octanol–water partition coefficient (Wildman–Crippen LogP) is 4.72. The van der Waals surface area contributed by atoms with Gasteiger partial charge in [-0.15, -0.1) is 0 Å². The number of esters is 4. The zero-order valence-electron chi connectivity index (χ0n) is 28.2. The Morgan fingerprint density at radius 2 is 1.32 bits per heavy atom. The summed E-state index contributed by atoms with van der Waals surface area (Å²) in [5, 5.41) is 0. The van der Waals surface area contributed by atoms with Gasteiger partial charge in [0.2, 0.25) is 6.10 Å². The second kappa shape index (κ2) is 14.5. The van der Waals surface area contributed by atoms with Gasteiger partial charge in [-0.2, -0.15) is 0 Å². The number of carbonyl (C=O) groups is 6. The minimum atomic E-state index is -1.95. The van der Waals surface area contributed by atoms with E-state index in [2.05, 4.69) is 13.2 Å². The molecule has 47 heavy (non-hydrogen) atoms. The molecule has 2 aliphatic carbocycles. The normalized spacial score (nSPS) is 30.6. The fraction of sp³-hybridized carbons (Fsp3) is 0.500. The highest BCUT2D eigenvalue weighted by molar-refractivity contribution is 5.95. The first-order valence-electron chi connectivity index (χ1n) is 15.4. The van der Waals surface area contributed by atoms with Crippen LogP contribution in [0.1, 0.15) is 67.4 Å². The largest absolute Gasteiger partial charge is 0.485 e. The van der Waals surface area contributed by atoms with E-state index in [1.807, 2.05) is 0 Å². The van der Waals surface area contributed by atoms with Crippen molar-refractivity contribution < 1.29 is 52.5 Å². The summed E-state index contributed by atoms with van der Waals surface area (Å²) in [4.78, 5) is 79.1. The zero-order chi connectivity index (χ0) is 35.4. The van der Waals surface area contributed by atoms with Crippen LogP contribution in [0.4, 0.5) is 0 Å². The van der Waals surface area contributed by atoms with Gasteiger partial charge in [-0.1, -0.05) is 69.5 Å². The van der Waals surface area contributed by atoms with E-state index in [1.165, 1.54) is 19.1 Å². The minimum Gasteiger partial charge on any atom is -0.485 e. The van der Waals surface area contributed by atoms with Gasteiger partial charge in [-0.3, -0.25) is 28.8 Å². The Hall–Kier alpha value is -4.54. The predicted molar refractivity (Wildman–Crippen MR) is 170 cm³/mol. The van der Waals surface area contributed by atoms with Crippen LogP contribution in [0.5, 0.6) is 0 Å². The molecule has 0 bridgehead atoms. The maximum Gasteiger partial charge on any atom is 0.303 e. The summed E-state index contributed by atoms with van der Waals surface area (Å²) < 4.78 is 29.6. The molecule has 1 saturated carbocycles. The monoisotopic (exact) mass is 652 g/mol. The van der Waals surface area contributed by atoms with Crippen molar-refractivity contribution in [3.63, 3.8) is 0 Å². The van der Waals surface area contributed by atoms with Crippen LogP contribution in [-0.4, -0.2) is 65.5 Å². The van der Waals surface area contributed by atoms with Gasteiger partial charge in [0.05, 0.1) is 5.92 Å². The molecule has 0 unspecified atom stereocenters. The molecule has 1 aromatic rings. The molecular formula is C36H44O11. The van der Waals surface area contributed by atoms with Crippen LogP contribution in [0.25, 0.3) is 5.76 Å². The number of ether oxygens (including phenoxy) is 5. The highest BCUT2D eigenvalue weighted by Crippen LogP contribution is 2.51. The van der Waals surface area contributed by atoms with Gasteiger partial charge in [0.25, 0.3) is 0 Å². The number of hydrogen-bond donors (Lipinski definition) is 0. The third kappa shape index (κ3) is 8.07. The van der Waals surface area contributed by atoms with Gasteiger partial charge in [-0.25, -0.2) is 0 Å². The molecule has 3 rings (SSSR count). The number of Topliss-reactive ketones (excluding diaryl/α,β-unsaturated/α-hetero) is 2. The molecule has 0 amide bonds. The summed E-state index contributed by atoms with van der Waals surface area (Å²) >= 11 is 0. The Bertz CT molecular complexity index is 1470. The lowest BCUT2D eigenvalue weighted by Gasteiger charge is -2.43. The van der Waals surface area contributed by atoms with Gasteiger partial charge in [0, 0.05) is 56.6 Å². The van der Waals surface area contributed by atoms with Crippen LogP contribution in [0.3, 0.4) is 0 Å². The maximum absolute atomic E-state index is 14.6. The topological polar surface area (TPSA) is 149 Å². The van der Waals surface area contributed by atoms with Crippen LogP contribution in [0.2, 0.25) is 0 Å². The van der Waals surface area contributed by atoms with Crippen molar-refractivity contribution in [1.82, 2.24) is 0 Å². The quantitative estimate of drug-likeness (QED) is 0.174. The molecule has 1 fully saturated rings. The van der Waals surface area contributed by atoms with E-state index >= 15 is 0 Å². The van der Waals surface area contributed by atoms with Crippen LogP contribution in [0.15, 0.2) is 61.2 Å². The molecule has 0 spiro atoms. The molecule has 2 aliphatic rings. The second-order valence-electron chi connectivity index (χ2n) is 12.8. The lowest BCUT2D eigenvalue weighted by atomic mass is 9.72. The van der Waals surface area contributed by atoms with Crippen molar-refractivity contribution in [2.24, 2.45) is 23.2 Å². The SMILES string of the molecule is C=C(O[C@H]1C(=C)[C@H](OC(C)=O)[C@@H](OC(C)=O)C(=O)C(C)(C)C=C[C@H](C)C(=O)[C@@]2(OC(C)=O)C[C@H](C)[C@H](OC(C)=O)[C@H]12)c1ccccc1. The molecule has 0 N–H and O–H groups in total. The molecule has 1 aromatic carbocycles. The average molecular weight is 653 g/mol. The van der Waals surface area contributed by atoms with E-state index in [4.69, 9.17) is 23.7 Å². The third-order valence-electron chi connectivity index (χ3n) is 8.51. The fourth-order valence-corrected chi connectivity index (χ4v) is 6.46. The van der Waals surface area contributed by atoms with Crippen LogP contribution >= 0.6 is 0 Å². The lowest BCUT2D eigenvalue weighted by Crippen LogP contribution is -2.58. The van der Waals surface area contributed by atoms with Gasteiger partial charge in [0.1, 0.15) is 18.0 Å². The van der Waals surface area contributed by atoms with Gasteiger partial charge >= 0.3 is 23.9 Å². The highest BCUT2D eigenvalue weighted by atomic mass is 16.6. The van der Waals surface area contributed by atoms with Crippen molar-refractivity contribution >= 4 is 41.2 Å². The van der Waals surface area contributed by atoms with Gasteiger partial charge in [-0.05, 0) is 19.8 Å². The molecule has 11 heteroatoms. The lowest BCUT2D eigenvalue weighted by molar-refractivity contribution is -0.182. The Labute approximate surface area is 275 Å². The Balaban J connectivity index is 2.47. The molecule has 0 aromatic heterocycles. The molecule has 0 radical (unpaired) electrons. The summed E-state index contributed by atoms with van der Waals surface area (Å²) in [5.74, 6) is -7.01. The Kier molecular flexibility index (Phi) is 11.4. The van der Waals surface area contributed by atoms with Gasteiger partial charge < -0.3 is 23.7 Å². The van der Waals surface area contributed by atoms with Crippen molar-refractivity contribution in [3.8, 4) is 0 Å². The van der Waals surface area contributed by atoms with E-state index in [-0.39, 0.29) is 17.8 Å². The Morgan fingerprint density at radius 3 is 1.85 bits per heavy atom. The highest BCUT2D eigenvalue weighted by Gasteiger charge is 2.65. The standard InChI is InChI=1S/C36H44O11/c1-19-16-17-35(9,10)34(42)32(46-25(7)39)31(45-24(6)38)21(3)30(43-22(4)27-14-12-11-13-15-27)28-29(44-23(5)37)20(2)18-36(28,33(19)41)47-26(8)40/h11-17,19-20,28-32H,3-4,18H2,1-2,5-10H3/t19-,20-,28+,29-,30-,31-,32+,36+/m0/s1. The van der Waals surface area contributed by atoms with E-state index < -0.39 is 88.6 Å². The van der Waals surface area contributed by atoms with Crippen molar-refractivity contribution in [2.75, 3.05) is 0 Å². The first-order chi connectivity index (χ1) is 21.8. The first kappa shape index (κ1) is 36.9. The number of rotatable bonds is 7. The molecule has 0 heterocycles. The number of allylic oxidation sites excluding steroid dienone is 2. The third-order valence-corrected chi connectivity index (χ3v) is 8.51. The summed E-state index contributed by atoms with van der Waals surface area (Å²) in [6.45, 7) is 19.3. The zero-order valence-corrected chi connectivity index (χ0v) is 28.2. The molecule has 8 atom stereocenters. The molecule has 0 saturated heterocycles. The smallest absolute Gasteiger partial charge is 0.303 e. The van der Waals surface area contributed by atoms with Crippen LogP contribution in [-0.2, 0) is 52.5 Å². The maximum atomic E-state index is 14.6. The van der Waals surface area contributed by atoms with E-state index in [9.17, 15) is 28.8 Å². The number of benzene rings is 1. The summed E-state index contributed by atoms with van der Waals surface area (Å²) in [5.41, 5.74) is -2.90. The van der Waals surface area contributed by atoms with E-state index in [0.717, 1.165) is 20.8 Å². The summed E-state index contributed by atoms with van der Waals surface area (Å²) in [6, 6.07) is 8.72. The minimum absolute atomic E-state index is 0.0644. The number of hydrogen-bond acceptors (Lipinski definition) is 11. The fourth-order valence-electron chi connectivity index (χ4n) is 6.46. The van der Waals surface area contributed by atoms with Gasteiger partial charge in [0.15, 0.2) is 23.3 Å². The van der Waals surface area contributed by atoms with Crippen LogP contribution in [0, 0.1) is 23.2 Å². The molecule has 0 aliphatic heterocycles. The molecular weight excluding hydrogens is 608 g/mol. The summed E-state index contributed by atoms with van der Waals surface area (Å²) in [7, 11) is 0.